The first-order valence-electron chi connectivity index (χ1n) is 6.70. The smallest absolute Gasteiger partial charge is 0.418 e. The van der Waals surface area contributed by atoms with Crippen LogP contribution in [0.3, 0.4) is 0 Å². The Bertz CT molecular complexity index is 681. The number of benzene rings is 1. The molecule has 0 bridgehead atoms. The van der Waals surface area contributed by atoms with E-state index in [2.05, 4.69) is 4.99 Å². The Kier molecular flexibility index (Phi) is 4.51. The molecule has 7 heteroatoms. The van der Waals surface area contributed by atoms with Gasteiger partial charge < -0.3 is 4.74 Å². The number of ether oxygens (including phenoxy) is 1. The number of imide groups is 1. The lowest BCUT2D eigenvalue weighted by Crippen LogP contribution is -2.47. The first-order chi connectivity index (χ1) is 10.5. The molecule has 0 radical (unpaired) electrons. The van der Waals surface area contributed by atoms with Crippen LogP contribution in [0.2, 0.25) is 0 Å². The summed E-state index contributed by atoms with van der Waals surface area (Å²) >= 11 is 0. The third kappa shape index (κ3) is 2.68. The Hall–Kier alpha value is -2.75. The molecule has 1 aliphatic rings. The fourth-order valence-electron chi connectivity index (χ4n) is 2.35. The van der Waals surface area contributed by atoms with Crippen molar-refractivity contribution in [3.05, 3.63) is 35.6 Å². The highest BCUT2D eigenvalue weighted by atomic mass is 19.1. The van der Waals surface area contributed by atoms with Crippen LogP contribution < -0.4 is 0 Å². The molecular formula is C15H14FN3O3. The predicted octanol–water partition coefficient (Wildman–Crippen LogP) is 3.06. The van der Waals surface area contributed by atoms with Crippen molar-refractivity contribution >= 4 is 17.8 Å². The van der Waals surface area contributed by atoms with Crippen molar-refractivity contribution in [3.63, 3.8) is 0 Å². The summed E-state index contributed by atoms with van der Waals surface area (Å²) in [5.74, 6) is -1.54. The Morgan fingerprint density at radius 2 is 2.18 bits per heavy atom. The van der Waals surface area contributed by atoms with Crippen LogP contribution >= 0.6 is 0 Å². The molecular weight excluding hydrogens is 289 g/mol. The van der Waals surface area contributed by atoms with E-state index in [4.69, 9.17) is 4.74 Å². The summed E-state index contributed by atoms with van der Waals surface area (Å²) in [6.07, 6.45) is -0.947. The Labute approximate surface area is 126 Å². The van der Waals surface area contributed by atoms with Gasteiger partial charge in [0.1, 0.15) is 11.7 Å². The quantitative estimate of drug-likeness (QED) is 0.840. The van der Waals surface area contributed by atoms with Gasteiger partial charge in [0.25, 0.3) is 0 Å². The lowest BCUT2D eigenvalue weighted by molar-refractivity contribution is 0.0975. The van der Waals surface area contributed by atoms with Gasteiger partial charge in [0.15, 0.2) is 0 Å². The van der Waals surface area contributed by atoms with Gasteiger partial charge in [-0.3, -0.25) is 0 Å². The highest BCUT2D eigenvalue weighted by Gasteiger charge is 2.43. The number of nitriles is 1. The van der Waals surface area contributed by atoms with Gasteiger partial charge in [0, 0.05) is 11.3 Å². The maximum atomic E-state index is 14.1. The van der Waals surface area contributed by atoms with Crippen LogP contribution in [0, 0.1) is 23.1 Å². The number of hydrogen-bond donors (Lipinski definition) is 0. The predicted molar refractivity (Wildman–Crippen MR) is 75.6 cm³/mol. The van der Waals surface area contributed by atoms with Crippen LogP contribution in [-0.4, -0.2) is 29.3 Å². The zero-order chi connectivity index (χ0) is 16.3. The highest BCUT2D eigenvalue weighted by molar-refractivity contribution is 6.04. The Morgan fingerprint density at radius 1 is 1.50 bits per heavy atom. The lowest BCUT2D eigenvalue weighted by Gasteiger charge is -2.34. The van der Waals surface area contributed by atoms with Crippen molar-refractivity contribution in [2.75, 3.05) is 6.61 Å². The minimum atomic E-state index is -1.10. The van der Waals surface area contributed by atoms with E-state index in [9.17, 15) is 19.2 Å². The lowest BCUT2D eigenvalue weighted by atomic mass is 9.88. The molecule has 22 heavy (non-hydrogen) atoms. The van der Waals surface area contributed by atoms with Crippen molar-refractivity contribution in [2.45, 2.75) is 19.9 Å². The van der Waals surface area contributed by atoms with E-state index < -0.39 is 29.9 Å². The van der Waals surface area contributed by atoms with Crippen LogP contribution in [0.1, 0.15) is 25.5 Å². The van der Waals surface area contributed by atoms with Crippen LogP contribution in [0.25, 0.3) is 0 Å². The normalized spacial score (nSPS) is 21.1. The number of hydrogen-bond acceptors (Lipinski definition) is 4. The molecule has 0 N–H and O–H groups in total. The van der Waals surface area contributed by atoms with E-state index >= 15 is 0 Å². The van der Waals surface area contributed by atoms with Gasteiger partial charge in [0.05, 0.1) is 18.7 Å². The number of amides is 3. The monoisotopic (exact) mass is 303 g/mol. The largest absolute Gasteiger partial charge is 0.449 e. The van der Waals surface area contributed by atoms with Gasteiger partial charge in [-0.05, 0) is 19.9 Å². The van der Waals surface area contributed by atoms with E-state index in [0.29, 0.717) is 4.90 Å². The number of aliphatic imine (C=N–C) groups is 1. The van der Waals surface area contributed by atoms with Crippen LogP contribution in [0.4, 0.5) is 14.0 Å². The van der Waals surface area contributed by atoms with Gasteiger partial charge in [-0.1, -0.05) is 18.2 Å². The number of carbonyl (C=O) groups excluding carboxylic acids is 2. The van der Waals surface area contributed by atoms with Gasteiger partial charge in [-0.25, -0.2) is 23.9 Å². The fraction of sp³-hybridized carbons (Fsp3) is 0.333. The van der Waals surface area contributed by atoms with Gasteiger partial charge in [-0.15, -0.1) is 0 Å². The third-order valence-corrected chi connectivity index (χ3v) is 3.35. The number of urea groups is 1. The molecule has 1 heterocycles. The molecule has 0 aromatic heterocycles. The SMILES string of the molecule is CCOC(=O)N1C(=O)N=C(C)C(C#N)C1c1ccccc1F. The van der Waals surface area contributed by atoms with E-state index in [1.54, 1.807) is 13.0 Å². The van der Waals surface area contributed by atoms with E-state index in [1.807, 2.05) is 6.07 Å². The summed E-state index contributed by atoms with van der Waals surface area (Å²) in [5, 5.41) is 9.36. The van der Waals surface area contributed by atoms with Crippen molar-refractivity contribution < 1.29 is 18.7 Å². The molecule has 0 fully saturated rings. The van der Waals surface area contributed by atoms with E-state index in [0.717, 1.165) is 0 Å². The first-order valence-corrected chi connectivity index (χ1v) is 6.70. The van der Waals surface area contributed by atoms with Gasteiger partial charge in [0.2, 0.25) is 0 Å². The number of carbonyl (C=O) groups is 2. The minimum absolute atomic E-state index is 0.0481. The van der Waals surface area contributed by atoms with Gasteiger partial charge in [-0.2, -0.15) is 5.26 Å². The maximum absolute atomic E-state index is 14.1. The summed E-state index contributed by atoms with van der Waals surface area (Å²) < 4.78 is 19.0. The van der Waals surface area contributed by atoms with Crippen molar-refractivity contribution in [1.82, 2.24) is 4.90 Å². The molecule has 2 rings (SSSR count). The molecule has 2 unspecified atom stereocenters. The first kappa shape index (κ1) is 15.6. The van der Waals surface area contributed by atoms with Crippen LogP contribution in [0.5, 0.6) is 0 Å². The fourth-order valence-corrected chi connectivity index (χ4v) is 2.35. The molecule has 0 saturated heterocycles. The molecule has 2 atom stereocenters. The summed E-state index contributed by atoms with van der Waals surface area (Å²) in [6.45, 7) is 3.13. The molecule has 6 nitrogen and oxygen atoms in total. The molecule has 0 spiro atoms. The Morgan fingerprint density at radius 3 is 2.77 bits per heavy atom. The van der Waals surface area contributed by atoms with Crippen molar-refractivity contribution in [1.29, 1.82) is 5.26 Å². The second-order valence-electron chi connectivity index (χ2n) is 4.68. The highest BCUT2D eigenvalue weighted by Crippen LogP contribution is 2.35. The zero-order valence-corrected chi connectivity index (χ0v) is 12.1. The number of nitrogens with zero attached hydrogens (tertiary/aromatic N) is 3. The molecule has 114 valence electrons. The van der Waals surface area contributed by atoms with Gasteiger partial charge >= 0.3 is 12.1 Å². The zero-order valence-electron chi connectivity index (χ0n) is 12.1. The molecule has 1 aromatic carbocycles. The number of halogens is 1. The van der Waals surface area contributed by atoms with Crippen LogP contribution in [-0.2, 0) is 4.74 Å². The van der Waals surface area contributed by atoms with Crippen molar-refractivity contribution in [3.8, 4) is 6.07 Å². The molecule has 0 aliphatic carbocycles. The standard InChI is InChI=1S/C15H14FN3O3/c1-3-22-15(21)19-13(10-6-4-5-7-12(10)16)11(8-17)9(2)18-14(19)20/h4-7,11,13H,3H2,1-2H3. The second-order valence-corrected chi connectivity index (χ2v) is 4.68. The molecule has 1 aromatic rings. The molecule has 3 amide bonds. The average molecular weight is 303 g/mol. The summed E-state index contributed by atoms with van der Waals surface area (Å²) in [4.78, 5) is 28.5. The maximum Gasteiger partial charge on any atom is 0.418 e. The second kappa shape index (κ2) is 6.35. The summed E-state index contributed by atoms with van der Waals surface area (Å²) in [5.41, 5.74) is 0.311. The number of rotatable bonds is 2. The third-order valence-electron chi connectivity index (χ3n) is 3.35. The summed E-state index contributed by atoms with van der Waals surface area (Å²) in [6, 6.07) is 5.71. The van der Waals surface area contributed by atoms with E-state index in [1.165, 1.54) is 25.1 Å². The molecule has 1 aliphatic heterocycles. The van der Waals surface area contributed by atoms with Crippen molar-refractivity contribution in [2.24, 2.45) is 10.9 Å². The molecule has 0 saturated carbocycles. The van der Waals surface area contributed by atoms with Crippen LogP contribution in [0.15, 0.2) is 29.3 Å². The average Bonchev–Trinajstić information content (AvgIpc) is 2.47. The Balaban J connectivity index is 2.58. The topological polar surface area (TPSA) is 82.8 Å². The minimum Gasteiger partial charge on any atom is -0.449 e. The summed E-state index contributed by atoms with van der Waals surface area (Å²) in [7, 11) is 0. The van der Waals surface area contributed by atoms with E-state index in [-0.39, 0.29) is 17.9 Å².